The molecule has 0 aliphatic heterocycles. The van der Waals surface area contributed by atoms with Crippen molar-refractivity contribution in [3.05, 3.63) is 47.2 Å². The van der Waals surface area contributed by atoms with Gasteiger partial charge in [0, 0.05) is 17.4 Å². The first-order chi connectivity index (χ1) is 11.9. The average Bonchev–Trinajstić information content (AvgIpc) is 2.53. The molecule has 0 spiro atoms. The quantitative estimate of drug-likeness (QED) is 0.656. The first-order valence-corrected chi connectivity index (χ1v) is 7.92. The van der Waals surface area contributed by atoms with Gasteiger partial charge in [0.1, 0.15) is 5.82 Å². The third kappa shape index (κ3) is 5.68. The molecule has 2 aromatic carbocycles. The van der Waals surface area contributed by atoms with Crippen molar-refractivity contribution in [2.75, 3.05) is 17.2 Å². The maximum absolute atomic E-state index is 13.1. The van der Waals surface area contributed by atoms with Gasteiger partial charge in [-0.15, -0.1) is 0 Å². The van der Waals surface area contributed by atoms with E-state index in [4.69, 9.17) is 28.6 Å². The van der Waals surface area contributed by atoms with E-state index in [1.54, 1.807) is 6.92 Å². The molecular weight excluding hydrogens is 377 g/mol. The molecule has 0 heterocycles. The molecule has 0 unspecified atom stereocenters. The fourth-order valence-corrected chi connectivity index (χ4v) is 2.33. The topological polar surface area (TPSA) is 42.5 Å². The molecular formula is C16H14ClF3N2O2S. The molecule has 0 aliphatic carbocycles. The lowest BCUT2D eigenvalue weighted by atomic mass is 10.2. The van der Waals surface area contributed by atoms with Crippen molar-refractivity contribution in [1.82, 2.24) is 0 Å². The van der Waals surface area contributed by atoms with Crippen LogP contribution in [0.5, 0.6) is 11.5 Å². The monoisotopic (exact) mass is 390 g/mol. The van der Waals surface area contributed by atoms with Crippen molar-refractivity contribution in [2.45, 2.75) is 13.5 Å². The lowest BCUT2D eigenvalue weighted by molar-refractivity contribution is -0.0514. The van der Waals surface area contributed by atoms with Crippen LogP contribution in [0.15, 0.2) is 36.4 Å². The summed E-state index contributed by atoms with van der Waals surface area (Å²) >= 11 is 10.9. The first kappa shape index (κ1) is 19.1. The van der Waals surface area contributed by atoms with Crippen molar-refractivity contribution in [3.63, 3.8) is 0 Å². The largest absolute Gasteiger partial charge is 0.490 e. The summed E-state index contributed by atoms with van der Waals surface area (Å²) in [5.41, 5.74) is 0.988. The molecule has 2 rings (SSSR count). The van der Waals surface area contributed by atoms with Crippen molar-refractivity contribution in [2.24, 2.45) is 0 Å². The Bertz CT molecular complexity index is 762. The molecule has 2 aromatic rings. The number of halogens is 4. The summed E-state index contributed by atoms with van der Waals surface area (Å²) < 4.78 is 47.6. The Hall–Kier alpha value is -2.19. The number of hydrogen-bond acceptors (Lipinski definition) is 3. The summed E-state index contributed by atoms with van der Waals surface area (Å²) in [6.07, 6.45) is 0. The van der Waals surface area contributed by atoms with Gasteiger partial charge in [0.25, 0.3) is 0 Å². The number of thiocarbonyl (C=S) groups is 1. The number of benzene rings is 2. The molecule has 0 aliphatic rings. The Morgan fingerprint density at radius 3 is 2.36 bits per heavy atom. The smallest absolute Gasteiger partial charge is 0.387 e. The molecule has 0 bridgehead atoms. The maximum atomic E-state index is 13.1. The van der Waals surface area contributed by atoms with Gasteiger partial charge < -0.3 is 20.1 Å². The molecule has 2 N–H and O–H groups in total. The Labute approximate surface area is 152 Å². The molecule has 25 heavy (non-hydrogen) atoms. The number of ether oxygens (including phenoxy) is 2. The lowest BCUT2D eigenvalue weighted by Gasteiger charge is -2.15. The second-order valence-electron chi connectivity index (χ2n) is 4.68. The van der Waals surface area contributed by atoms with Crippen LogP contribution in [-0.2, 0) is 0 Å². The first-order valence-electron chi connectivity index (χ1n) is 7.13. The molecule has 0 radical (unpaired) electrons. The summed E-state index contributed by atoms with van der Waals surface area (Å²) in [4.78, 5) is 0. The van der Waals surface area contributed by atoms with E-state index in [9.17, 15) is 13.2 Å². The maximum Gasteiger partial charge on any atom is 0.387 e. The fourth-order valence-electron chi connectivity index (χ4n) is 1.91. The standard InChI is InChI=1S/C16H14ClF3N2O2S/c1-2-23-14-8-10(4-6-13(14)24-15(19)20)22-16(25)21-9-3-5-12(18)11(17)7-9/h3-8,15H,2H2,1H3,(H2,21,22,25). The minimum Gasteiger partial charge on any atom is -0.490 e. The minimum absolute atomic E-state index is 0.0417. The molecule has 0 atom stereocenters. The van der Waals surface area contributed by atoms with Gasteiger partial charge in [-0.3, -0.25) is 0 Å². The van der Waals surface area contributed by atoms with Gasteiger partial charge in [-0.05, 0) is 49.5 Å². The molecule has 0 saturated heterocycles. The van der Waals surface area contributed by atoms with E-state index in [2.05, 4.69) is 15.4 Å². The summed E-state index contributed by atoms with van der Waals surface area (Å²) in [6, 6.07) is 8.39. The highest BCUT2D eigenvalue weighted by molar-refractivity contribution is 7.80. The molecule has 4 nitrogen and oxygen atoms in total. The number of anilines is 2. The average molecular weight is 391 g/mol. The zero-order chi connectivity index (χ0) is 18.4. The summed E-state index contributed by atoms with van der Waals surface area (Å²) in [7, 11) is 0. The Kier molecular flexibility index (Phi) is 6.72. The SMILES string of the molecule is CCOc1cc(NC(=S)Nc2ccc(F)c(Cl)c2)ccc1OC(F)F. The van der Waals surface area contributed by atoms with Gasteiger partial charge in [0.2, 0.25) is 0 Å². The van der Waals surface area contributed by atoms with Crippen LogP contribution in [0.3, 0.4) is 0 Å². The van der Waals surface area contributed by atoms with Crippen LogP contribution in [0.25, 0.3) is 0 Å². The highest BCUT2D eigenvalue weighted by Gasteiger charge is 2.12. The number of hydrogen-bond donors (Lipinski definition) is 2. The van der Waals surface area contributed by atoms with Crippen LogP contribution in [-0.4, -0.2) is 18.3 Å². The molecule has 134 valence electrons. The zero-order valence-electron chi connectivity index (χ0n) is 13.0. The van der Waals surface area contributed by atoms with E-state index < -0.39 is 12.4 Å². The van der Waals surface area contributed by atoms with E-state index in [-0.39, 0.29) is 28.2 Å². The zero-order valence-corrected chi connectivity index (χ0v) is 14.6. The van der Waals surface area contributed by atoms with Crippen LogP contribution in [0.4, 0.5) is 24.5 Å². The predicted molar refractivity (Wildman–Crippen MR) is 95.5 cm³/mol. The summed E-state index contributed by atoms with van der Waals surface area (Å²) in [6.45, 7) is -0.958. The summed E-state index contributed by atoms with van der Waals surface area (Å²) in [5.74, 6) is -0.464. The second kappa shape index (κ2) is 8.77. The van der Waals surface area contributed by atoms with Crippen LogP contribution in [0, 0.1) is 5.82 Å². The van der Waals surface area contributed by atoms with Crippen LogP contribution in [0.2, 0.25) is 5.02 Å². The van der Waals surface area contributed by atoms with Crippen molar-refractivity contribution in [3.8, 4) is 11.5 Å². The lowest BCUT2D eigenvalue weighted by Crippen LogP contribution is -2.19. The van der Waals surface area contributed by atoms with Gasteiger partial charge in [-0.2, -0.15) is 8.78 Å². The third-order valence-electron chi connectivity index (χ3n) is 2.89. The highest BCUT2D eigenvalue weighted by Crippen LogP contribution is 2.32. The molecule has 0 fully saturated rings. The van der Waals surface area contributed by atoms with Crippen molar-refractivity contribution in [1.29, 1.82) is 0 Å². The van der Waals surface area contributed by atoms with Crippen LogP contribution >= 0.6 is 23.8 Å². The van der Waals surface area contributed by atoms with Gasteiger partial charge >= 0.3 is 6.61 Å². The fraction of sp³-hybridized carbons (Fsp3) is 0.188. The molecule has 0 aromatic heterocycles. The van der Waals surface area contributed by atoms with E-state index in [0.717, 1.165) is 0 Å². The highest BCUT2D eigenvalue weighted by atomic mass is 35.5. The Morgan fingerprint density at radius 1 is 1.12 bits per heavy atom. The van der Waals surface area contributed by atoms with Crippen molar-refractivity contribution < 1.29 is 22.6 Å². The third-order valence-corrected chi connectivity index (χ3v) is 3.39. The predicted octanol–water partition coefficient (Wildman–Crippen LogP) is 5.29. The number of rotatable bonds is 6. The van der Waals surface area contributed by atoms with Gasteiger partial charge in [-0.25, -0.2) is 4.39 Å². The molecule has 9 heteroatoms. The Morgan fingerprint density at radius 2 is 1.76 bits per heavy atom. The van der Waals surface area contributed by atoms with E-state index in [0.29, 0.717) is 11.4 Å². The molecule has 0 saturated carbocycles. The van der Waals surface area contributed by atoms with Crippen LogP contribution < -0.4 is 20.1 Å². The minimum atomic E-state index is -2.95. The van der Waals surface area contributed by atoms with Gasteiger partial charge in [-0.1, -0.05) is 11.6 Å². The van der Waals surface area contributed by atoms with Crippen LogP contribution in [0.1, 0.15) is 6.92 Å². The summed E-state index contributed by atoms with van der Waals surface area (Å²) in [5, 5.41) is 5.86. The second-order valence-corrected chi connectivity index (χ2v) is 5.50. The van der Waals surface area contributed by atoms with Gasteiger partial charge in [0.15, 0.2) is 16.6 Å². The van der Waals surface area contributed by atoms with Gasteiger partial charge in [0.05, 0.1) is 11.6 Å². The van der Waals surface area contributed by atoms with E-state index >= 15 is 0 Å². The van der Waals surface area contributed by atoms with Crippen molar-refractivity contribution >= 4 is 40.3 Å². The normalized spacial score (nSPS) is 10.5. The van der Waals surface area contributed by atoms with E-state index in [1.165, 1.54) is 36.4 Å². The number of alkyl halides is 2. The number of nitrogens with one attached hydrogen (secondary N) is 2. The van der Waals surface area contributed by atoms with E-state index in [1.807, 2.05) is 0 Å². The Balaban J connectivity index is 2.09. The molecule has 0 amide bonds.